The van der Waals surface area contributed by atoms with Crippen LogP contribution in [-0.2, 0) is 0 Å². The summed E-state index contributed by atoms with van der Waals surface area (Å²) < 4.78 is 0. The molecule has 1 aromatic carbocycles. The van der Waals surface area contributed by atoms with Crippen molar-refractivity contribution in [3.05, 3.63) is 56.3 Å². The summed E-state index contributed by atoms with van der Waals surface area (Å²) in [6, 6.07) is 5.58. The molecule has 0 bridgehead atoms. The highest BCUT2D eigenvalue weighted by molar-refractivity contribution is 7.07. The van der Waals surface area contributed by atoms with Gasteiger partial charge in [-0.05, 0) is 34.5 Å². The van der Waals surface area contributed by atoms with E-state index in [0.717, 1.165) is 6.07 Å². The van der Waals surface area contributed by atoms with Crippen LogP contribution in [0.5, 0.6) is 0 Å². The van der Waals surface area contributed by atoms with Gasteiger partial charge < -0.3 is 16.2 Å². The smallest absolute Gasteiger partial charge is 0.292 e. The summed E-state index contributed by atoms with van der Waals surface area (Å²) in [6.07, 6.45) is -0.816. The van der Waals surface area contributed by atoms with Gasteiger partial charge in [-0.1, -0.05) is 0 Å². The maximum Gasteiger partial charge on any atom is 0.292 e. The summed E-state index contributed by atoms with van der Waals surface area (Å²) in [7, 11) is 0. The minimum Gasteiger partial charge on any atom is -0.393 e. The number of aliphatic hydroxyl groups excluding tert-OH is 1. The fourth-order valence-corrected chi connectivity index (χ4v) is 2.42. The van der Waals surface area contributed by atoms with E-state index in [-0.39, 0.29) is 23.5 Å². The highest BCUT2D eigenvalue weighted by Crippen LogP contribution is 2.22. The van der Waals surface area contributed by atoms with Crippen LogP contribution in [0, 0.1) is 10.1 Å². The normalized spacial score (nSPS) is 11.9. The molecule has 2 rings (SSSR count). The van der Waals surface area contributed by atoms with E-state index in [0.29, 0.717) is 5.56 Å². The molecule has 8 heteroatoms. The lowest BCUT2D eigenvalue weighted by atomic mass is 10.1. The fraction of sp³-hybridized carbons (Fsp3) is 0.154. The number of nitrogens with zero attached hydrogens (tertiary/aromatic N) is 1. The van der Waals surface area contributed by atoms with Crippen LogP contribution in [0.15, 0.2) is 35.0 Å². The summed E-state index contributed by atoms with van der Waals surface area (Å²) >= 11 is 1.44. The summed E-state index contributed by atoms with van der Waals surface area (Å²) in [5.74, 6) is -0.507. The molecule has 0 aliphatic carbocycles. The molecule has 1 atom stereocenters. The van der Waals surface area contributed by atoms with Crippen LogP contribution < -0.4 is 11.1 Å². The van der Waals surface area contributed by atoms with Crippen LogP contribution in [0.4, 0.5) is 11.4 Å². The van der Waals surface area contributed by atoms with E-state index in [1.165, 1.54) is 23.5 Å². The molecular weight excluding hydrogens is 294 g/mol. The maximum absolute atomic E-state index is 11.9. The molecule has 1 unspecified atom stereocenters. The third-order valence-electron chi connectivity index (χ3n) is 2.87. The first-order valence-electron chi connectivity index (χ1n) is 6.01. The zero-order chi connectivity index (χ0) is 15.4. The van der Waals surface area contributed by atoms with Crippen molar-refractivity contribution < 1.29 is 14.8 Å². The van der Waals surface area contributed by atoms with Gasteiger partial charge in [0.1, 0.15) is 5.69 Å². The lowest BCUT2D eigenvalue weighted by molar-refractivity contribution is -0.383. The zero-order valence-corrected chi connectivity index (χ0v) is 11.7. The van der Waals surface area contributed by atoms with E-state index >= 15 is 0 Å². The van der Waals surface area contributed by atoms with Gasteiger partial charge in [0.25, 0.3) is 11.6 Å². The Labute approximate surface area is 124 Å². The molecule has 1 amide bonds. The first-order chi connectivity index (χ1) is 9.99. The quantitative estimate of drug-likeness (QED) is 0.441. The SMILES string of the molecule is Nc1ccc(C(=O)NCC(O)c2ccsc2)cc1[N+](=O)[O-]. The third-order valence-corrected chi connectivity index (χ3v) is 3.57. The molecular formula is C13H13N3O4S. The van der Waals surface area contributed by atoms with Gasteiger partial charge in [0.2, 0.25) is 0 Å². The first kappa shape index (κ1) is 14.9. The van der Waals surface area contributed by atoms with Crippen LogP contribution in [-0.4, -0.2) is 22.5 Å². The number of hydrogen-bond acceptors (Lipinski definition) is 6. The van der Waals surface area contributed by atoms with Crippen molar-refractivity contribution in [2.45, 2.75) is 6.10 Å². The molecule has 4 N–H and O–H groups in total. The van der Waals surface area contributed by atoms with E-state index in [1.54, 1.807) is 11.4 Å². The Morgan fingerprint density at radius 1 is 1.48 bits per heavy atom. The van der Waals surface area contributed by atoms with E-state index < -0.39 is 16.9 Å². The summed E-state index contributed by atoms with van der Waals surface area (Å²) in [4.78, 5) is 22.0. The van der Waals surface area contributed by atoms with E-state index in [9.17, 15) is 20.0 Å². The number of nitro benzene ring substituents is 1. The summed E-state index contributed by atoms with van der Waals surface area (Å²) in [6.45, 7) is 0.0216. The van der Waals surface area contributed by atoms with Crippen LogP contribution in [0.25, 0.3) is 0 Å². The number of nitrogens with one attached hydrogen (secondary N) is 1. The minimum absolute atomic E-state index is 0.00476. The Kier molecular flexibility index (Phi) is 4.51. The predicted octanol–water partition coefficient (Wildman–Crippen LogP) is 1.70. The number of anilines is 1. The molecule has 0 spiro atoms. The number of carbonyl (C=O) groups excluding carboxylic acids is 1. The van der Waals surface area contributed by atoms with Crippen LogP contribution in [0.2, 0.25) is 0 Å². The molecule has 110 valence electrons. The van der Waals surface area contributed by atoms with Gasteiger partial charge in [-0.25, -0.2) is 0 Å². The van der Waals surface area contributed by atoms with Crippen molar-refractivity contribution in [2.75, 3.05) is 12.3 Å². The molecule has 0 aliphatic heterocycles. The van der Waals surface area contributed by atoms with Crippen LogP contribution >= 0.6 is 11.3 Å². The Bertz CT molecular complexity index is 657. The lowest BCUT2D eigenvalue weighted by Gasteiger charge is -2.10. The number of amides is 1. The second-order valence-electron chi connectivity index (χ2n) is 4.31. The fourth-order valence-electron chi connectivity index (χ4n) is 1.72. The number of benzene rings is 1. The highest BCUT2D eigenvalue weighted by atomic mass is 32.1. The zero-order valence-electron chi connectivity index (χ0n) is 10.9. The number of aliphatic hydroxyl groups is 1. The molecule has 0 saturated carbocycles. The number of hydrogen-bond donors (Lipinski definition) is 3. The van der Waals surface area contributed by atoms with Crippen molar-refractivity contribution in [3.8, 4) is 0 Å². The van der Waals surface area contributed by atoms with E-state index in [1.807, 2.05) is 5.38 Å². The van der Waals surface area contributed by atoms with Gasteiger partial charge in [0.05, 0.1) is 11.0 Å². The third kappa shape index (κ3) is 3.56. The Balaban J connectivity index is 2.04. The van der Waals surface area contributed by atoms with Gasteiger partial charge in [-0.15, -0.1) is 0 Å². The first-order valence-corrected chi connectivity index (χ1v) is 6.95. The molecule has 1 heterocycles. The van der Waals surface area contributed by atoms with Crippen molar-refractivity contribution in [2.24, 2.45) is 0 Å². The number of carbonyl (C=O) groups is 1. The molecule has 7 nitrogen and oxygen atoms in total. The van der Waals surface area contributed by atoms with Gasteiger partial charge in [-0.2, -0.15) is 11.3 Å². The number of nitrogen functional groups attached to an aromatic ring is 1. The van der Waals surface area contributed by atoms with Crippen molar-refractivity contribution in [3.63, 3.8) is 0 Å². The molecule has 0 aliphatic rings. The second kappa shape index (κ2) is 6.33. The van der Waals surface area contributed by atoms with E-state index in [4.69, 9.17) is 5.73 Å². The van der Waals surface area contributed by atoms with Gasteiger partial charge in [0, 0.05) is 18.2 Å². The molecule has 0 radical (unpaired) electrons. The standard InChI is InChI=1S/C13H13N3O4S/c14-10-2-1-8(5-11(10)16(19)20)13(18)15-6-12(17)9-3-4-21-7-9/h1-5,7,12,17H,6,14H2,(H,15,18). The van der Waals surface area contributed by atoms with Crippen molar-refractivity contribution in [1.29, 1.82) is 0 Å². The Hall–Kier alpha value is -2.45. The Morgan fingerprint density at radius 2 is 2.24 bits per heavy atom. The van der Waals surface area contributed by atoms with Gasteiger partial charge >= 0.3 is 0 Å². The highest BCUT2D eigenvalue weighted by Gasteiger charge is 2.16. The average molecular weight is 307 g/mol. The summed E-state index contributed by atoms with van der Waals surface area (Å²) in [5, 5.41) is 26.8. The number of nitrogens with two attached hydrogens (primary N) is 1. The lowest BCUT2D eigenvalue weighted by Crippen LogP contribution is -2.28. The van der Waals surface area contributed by atoms with Crippen molar-refractivity contribution in [1.82, 2.24) is 5.32 Å². The van der Waals surface area contributed by atoms with Crippen LogP contribution in [0.3, 0.4) is 0 Å². The Morgan fingerprint density at radius 3 is 2.86 bits per heavy atom. The largest absolute Gasteiger partial charge is 0.393 e. The molecule has 1 aromatic heterocycles. The molecule has 0 saturated heterocycles. The van der Waals surface area contributed by atoms with Crippen molar-refractivity contribution >= 4 is 28.6 Å². The predicted molar refractivity (Wildman–Crippen MR) is 79.1 cm³/mol. The molecule has 0 fully saturated rings. The topological polar surface area (TPSA) is 118 Å². The van der Waals surface area contributed by atoms with Crippen LogP contribution in [0.1, 0.15) is 22.0 Å². The minimum atomic E-state index is -0.816. The average Bonchev–Trinajstić information content (AvgIpc) is 2.98. The second-order valence-corrected chi connectivity index (χ2v) is 5.09. The summed E-state index contributed by atoms with van der Waals surface area (Å²) in [5.41, 5.74) is 5.97. The maximum atomic E-state index is 11.9. The van der Waals surface area contributed by atoms with E-state index in [2.05, 4.69) is 5.32 Å². The number of thiophene rings is 1. The van der Waals surface area contributed by atoms with Gasteiger partial charge in [0.15, 0.2) is 0 Å². The molecule has 21 heavy (non-hydrogen) atoms. The number of rotatable bonds is 5. The monoisotopic (exact) mass is 307 g/mol. The number of nitro groups is 1. The van der Waals surface area contributed by atoms with Gasteiger partial charge in [-0.3, -0.25) is 14.9 Å². The molecule has 2 aromatic rings.